The zero-order valence-corrected chi connectivity index (χ0v) is 23.3. The molecular weight excluding hydrogens is 474 g/mol. The van der Waals surface area contributed by atoms with Gasteiger partial charge in [-0.25, -0.2) is 9.69 Å². The third kappa shape index (κ3) is 5.88. The Morgan fingerprint density at radius 2 is 1.76 bits per heavy atom. The standard InChI is InChI=1S/C33H39NO4/c1-7-8-9-13-18-33(4,5)25-20-29(37-22-34(32(35)36-6)26-14-11-10-12-15-26)31-28-19-23(2)16-17-27(28)24(3)38-30(31)21-25/h10-12,14-17,19-21H,3,7-9,13,18,22H2,1-2,4-6H3. The van der Waals surface area contributed by atoms with Gasteiger partial charge in [0.2, 0.25) is 0 Å². The first-order valence-corrected chi connectivity index (χ1v) is 13.4. The summed E-state index contributed by atoms with van der Waals surface area (Å²) >= 11 is 0. The molecule has 4 rings (SSSR count). The van der Waals surface area contributed by atoms with Crippen LogP contribution in [-0.4, -0.2) is 19.9 Å². The first-order chi connectivity index (χ1) is 18.2. The number of anilines is 1. The van der Waals surface area contributed by atoms with Crippen LogP contribution in [-0.2, 0) is 10.2 Å². The number of hydrogen-bond donors (Lipinski definition) is 0. The van der Waals surface area contributed by atoms with Gasteiger partial charge in [-0.3, -0.25) is 0 Å². The van der Waals surface area contributed by atoms with Crippen LogP contribution in [0.15, 0.2) is 67.2 Å². The quantitative estimate of drug-likeness (QED) is 0.201. The zero-order valence-electron chi connectivity index (χ0n) is 23.3. The van der Waals surface area contributed by atoms with Crippen molar-refractivity contribution in [2.75, 3.05) is 18.7 Å². The van der Waals surface area contributed by atoms with Crippen molar-refractivity contribution in [2.45, 2.75) is 65.2 Å². The third-order valence-corrected chi connectivity index (χ3v) is 7.29. The van der Waals surface area contributed by atoms with E-state index in [4.69, 9.17) is 14.2 Å². The molecule has 1 aliphatic rings. The Hall–Kier alpha value is -3.73. The molecule has 0 saturated carbocycles. The highest BCUT2D eigenvalue weighted by atomic mass is 16.6. The number of hydrogen-bond acceptors (Lipinski definition) is 4. The monoisotopic (exact) mass is 513 g/mol. The predicted octanol–water partition coefficient (Wildman–Crippen LogP) is 8.88. The van der Waals surface area contributed by atoms with E-state index in [-0.39, 0.29) is 12.1 Å². The number of fused-ring (bicyclic) bond motifs is 3. The lowest BCUT2D eigenvalue weighted by Crippen LogP contribution is -2.34. The van der Waals surface area contributed by atoms with Crippen LogP contribution in [0.4, 0.5) is 10.5 Å². The summed E-state index contributed by atoms with van der Waals surface area (Å²) in [7, 11) is 1.38. The Bertz CT molecular complexity index is 1300. The van der Waals surface area contributed by atoms with Gasteiger partial charge in [0.25, 0.3) is 0 Å². The van der Waals surface area contributed by atoms with Gasteiger partial charge >= 0.3 is 6.09 Å². The number of ether oxygens (including phenoxy) is 3. The number of benzene rings is 3. The minimum atomic E-state index is -0.488. The summed E-state index contributed by atoms with van der Waals surface area (Å²) < 4.78 is 17.8. The van der Waals surface area contributed by atoms with Crippen molar-refractivity contribution in [1.82, 2.24) is 0 Å². The fraction of sp³-hybridized carbons (Fsp3) is 0.364. The molecule has 0 fully saturated rings. The van der Waals surface area contributed by atoms with Gasteiger partial charge in [0, 0.05) is 11.1 Å². The second-order valence-electron chi connectivity index (χ2n) is 10.6. The van der Waals surface area contributed by atoms with Crippen molar-refractivity contribution < 1.29 is 19.0 Å². The van der Waals surface area contributed by atoms with Crippen molar-refractivity contribution in [3.05, 3.63) is 83.9 Å². The molecular formula is C33H39NO4. The van der Waals surface area contributed by atoms with Crippen LogP contribution in [0.5, 0.6) is 11.5 Å². The molecule has 0 atom stereocenters. The van der Waals surface area contributed by atoms with Crippen molar-refractivity contribution in [3.8, 4) is 22.6 Å². The fourth-order valence-corrected chi connectivity index (χ4v) is 4.96. The molecule has 1 aliphatic heterocycles. The van der Waals surface area contributed by atoms with Gasteiger partial charge in [-0.1, -0.05) is 95.0 Å². The average Bonchev–Trinajstić information content (AvgIpc) is 2.91. The van der Waals surface area contributed by atoms with Crippen LogP contribution in [0, 0.1) is 6.92 Å². The lowest BCUT2D eigenvalue weighted by atomic mass is 9.78. The third-order valence-electron chi connectivity index (χ3n) is 7.29. The van der Waals surface area contributed by atoms with Crippen molar-refractivity contribution >= 4 is 17.5 Å². The summed E-state index contributed by atoms with van der Waals surface area (Å²) in [6.45, 7) is 13.0. The largest absolute Gasteiger partial charge is 0.472 e. The van der Waals surface area contributed by atoms with Crippen LogP contribution in [0.2, 0.25) is 0 Å². The number of carbonyl (C=O) groups excluding carboxylic acids is 1. The van der Waals surface area contributed by atoms with Gasteiger partial charge < -0.3 is 14.2 Å². The van der Waals surface area contributed by atoms with E-state index in [1.54, 1.807) is 0 Å². The topological polar surface area (TPSA) is 48.0 Å². The van der Waals surface area contributed by atoms with Crippen LogP contribution in [0.25, 0.3) is 16.9 Å². The molecule has 38 heavy (non-hydrogen) atoms. The average molecular weight is 514 g/mol. The second-order valence-corrected chi connectivity index (χ2v) is 10.6. The molecule has 3 aromatic carbocycles. The van der Waals surface area contributed by atoms with Gasteiger partial charge in [-0.15, -0.1) is 0 Å². The minimum Gasteiger partial charge on any atom is -0.472 e. The molecule has 200 valence electrons. The Balaban J connectivity index is 1.77. The zero-order chi connectivity index (χ0) is 27.3. The normalized spacial score (nSPS) is 12.3. The van der Waals surface area contributed by atoms with E-state index in [2.05, 4.69) is 58.5 Å². The van der Waals surface area contributed by atoms with Crippen molar-refractivity contribution in [3.63, 3.8) is 0 Å². The maximum Gasteiger partial charge on any atom is 0.416 e. The lowest BCUT2D eigenvalue weighted by molar-refractivity contribution is 0.170. The SMILES string of the molecule is C=C1Oc2cc(C(C)(C)CCCCCC)cc(OCN(C(=O)OC)c3ccccc3)c2-c2cc(C)ccc21. The number of aryl methyl sites for hydroxylation is 1. The van der Waals surface area contributed by atoms with Crippen molar-refractivity contribution in [1.29, 1.82) is 0 Å². The van der Waals surface area contributed by atoms with Crippen LogP contribution in [0.3, 0.4) is 0 Å². The molecule has 0 N–H and O–H groups in total. The molecule has 0 radical (unpaired) electrons. The molecule has 5 nitrogen and oxygen atoms in total. The molecule has 0 aliphatic carbocycles. The first-order valence-electron chi connectivity index (χ1n) is 13.4. The Morgan fingerprint density at radius 3 is 2.47 bits per heavy atom. The van der Waals surface area contributed by atoms with Crippen LogP contribution in [0.1, 0.15) is 69.6 Å². The van der Waals surface area contributed by atoms with Gasteiger partial charge in [0.05, 0.1) is 18.4 Å². The summed E-state index contributed by atoms with van der Waals surface area (Å²) in [4.78, 5) is 14.2. The highest BCUT2D eigenvalue weighted by Gasteiger charge is 2.30. The van der Waals surface area contributed by atoms with Gasteiger partial charge in [-0.05, 0) is 48.6 Å². The second kappa shape index (κ2) is 11.8. The molecule has 0 saturated heterocycles. The smallest absolute Gasteiger partial charge is 0.416 e. The van der Waals surface area contributed by atoms with E-state index in [9.17, 15) is 4.79 Å². The minimum absolute atomic E-state index is 0.00833. The van der Waals surface area contributed by atoms with E-state index in [1.807, 2.05) is 36.4 Å². The molecule has 1 amide bonds. The summed E-state index contributed by atoms with van der Waals surface area (Å²) in [6.07, 6.45) is 5.41. The Labute approximate surface area is 227 Å². The fourth-order valence-electron chi connectivity index (χ4n) is 4.96. The number of carbonyl (C=O) groups is 1. The molecule has 0 spiro atoms. The highest BCUT2D eigenvalue weighted by molar-refractivity contribution is 5.91. The molecule has 3 aromatic rings. The summed E-state index contributed by atoms with van der Waals surface area (Å²) in [6, 6.07) is 19.9. The van der Waals surface area contributed by atoms with Gasteiger partial charge in [0.15, 0.2) is 6.73 Å². The summed E-state index contributed by atoms with van der Waals surface area (Å²) in [5.41, 5.74) is 5.71. The van der Waals surface area contributed by atoms with E-state index in [0.29, 0.717) is 17.2 Å². The maximum atomic E-state index is 12.7. The number of methoxy groups -OCH3 is 1. The molecule has 0 bridgehead atoms. The number of unbranched alkanes of at least 4 members (excludes halogenated alkanes) is 3. The first kappa shape index (κ1) is 27.3. The molecule has 1 heterocycles. The van der Waals surface area contributed by atoms with E-state index in [0.717, 1.165) is 46.4 Å². The molecule has 0 aromatic heterocycles. The van der Waals surface area contributed by atoms with Crippen LogP contribution >= 0.6 is 0 Å². The van der Waals surface area contributed by atoms with Crippen molar-refractivity contribution in [2.24, 2.45) is 0 Å². The van der Waals surface area contributed by atoms with Crippen LogP contribution < -0.4 is 14.4 Å². The number of nitrogens with zero attached hydrogens (tertiary/aromatic N) is 1. The number of amides is 1. The molecule has 0 unspecified atom stereocenters. The Kier molecular flexibility index (Phi) is 8.45. The van der Waals surface area contributed by atoms with Gasteiger partial charge in [0.1, 0.15) is 17.3 Å². The molecule has 5 heteroatoms. The van der Waals surface area contributed by atoms with Gasteiger partial charge in [-0.2, -0.15) is 0 Å². The van der Waals surface area contributed by atoms with E-state index < -0.39 is 6.09 Å². The van der Waals surface area contributed by atoms with E-state index in [1.165, 1.54) is 31.3 Å². The number of para-hydroxylation sites is 1. The number of rotatable bonds is 10. The lowest BCUT2D eigenvalue weighted by Gasteiger charge is -2.31. The highest BCUT2D eigenvalue weighted by Crippen LogP contribution is 2.49. The predicted molar refractivity (Wildman–Crippen MR) is 155 cm³/mol. The Morgan fingerprint density at radius 1 is 1.00 bits per heavy atom. The summed E-state index contributed by atoms with van der Waals surface area (Å²) in [5, 5.41) is 0. The maximum absolute atomic E-state index is 12.7. The van der Waals surface area contributed by atoms with E-state index >= 15 is 0 Å². The summed E-state index contributed by atoms with van der Waals surface area (Å²) in [5.74, 6) is 2.02.